The molecule has 0 bridgehead atoms. The molecule has 0 aromatic rings. The lowest BCUT2D eigenvalue weighted by Gasteiger charge is -2.35. The zero-order valence-electron chi connectivity index (χ0n) is 6.34. The Morgan fingerprint density at radius 3 is 2.80 bits per heavy atom. The van der Waals surface area contributed by atoms with Crippen LogP contribution < -0.4 is 0 Å². The molecule has 0 unspecified atom stereocenters. The van der Waals surface area contributed by atoms with E-state index in [-0.39, 0.29) is 5.91 Å². The molecule has 0 N–H and O–H groups in total. The molecule has 1 saturated heterocycles. The number of carbonyl (C=O) groups excluding carboxylic acids is 1. The highest BCUT2D eigenvalue weighted by Crippen LogP contribution is 1.99. The van der Waals surface area contributed by atoms with Crippen molar-refractivity contribution in [1.82, 2.24) is 9.80 Å². The van der Waals surface area contributed by atoms with E-state index in [1.807, 2.05) is 11.8 Å². The summed E-state index contributed by atoms with van der Waals surface area (Å²) in [6.45, 7) is 5.04. The van der Waals surface area contributed by atoms with E-state index in [2.05, 4.69) is 7.05 Å². The van der Waals surface area contributed by atoms with E-state index in [1.54, 1.807) is 4.90 Å². The van der Waals surface area contributed by atoms with Gasteiger partial charge in [0.25, 0.3) is 0 Å². The van der Waals surface area contributed by atoms with Crippen LogP contribution in [0.2, 0.25) is 0 Å². The molecule has 1 heterocycles. The number of piperazine rings is 1. The minimum atomic E-state index is 0.198. The Labute approximate surface area is 61.6 Å². The van der Waals surface area contributed by atoms with Gasteiger partial charge in [0, 0.05) is 13.1 Å². The van der Waals surface area contributed by atoms with Gasteiger partial charge in [-0.2, -0.15) is 0 Å². The predicted octanol–water partition coefficient (Wildman–Crippen LogP) is -0.0579. The fourth-order valence-corrected chi connectivity index (χ4v) is 1.09. The number of hydrogen-bond donors (Lipinski definition) is 0. The van der Waals surface area contributed by atoms with Gasteiger partial charge in [-0.25, -0.2) is 0 Å². The van der Waals surface area contributed by atoms with Crippen LogP contribution in [0.15, 0.2) is 0 Å². The van der Waals surface area contributed by atoms with Gasteiger partial charge < -0.3 is 9.80 Å². The van der Waals surface area contributed by atoms with E-state index < -0.39 is 0 Å². The summed E-state index contributed by atoms with van der Waals surface area (Å²) in [6, 6.07) is 0. The van der Waals surface area contributed by atoms with Gasteiger partial charge in [-0.15, -0.1) is 0 Å². The van der Waals surface area contributed by atoms with Crippen LogP contribution in [0, 0.1) is 7.05 Å². The van der Waals surface area contributed by atoms with Gasteiger partial charge in [0.05, 0.1) is 6.54 Å². The molecule has 10 heavy (non-hydrogen) atoms. The predicted molar refractivity (Wildman–Crippen MR) is 39.2 cm³/mol. The Morgan fingerprint density at radius 1 is 1.60 bits per heavy atom. The first kappa shape index (κ1) is 7.54. The first-order chi connectivity index (χ1) is 4.74. The van der Waals surface area contributed by atoms with Crippen molar-refractivity contribution >= 4 is 5.91 Å². The van der Waals surface area contributed by atoms with Gasteiger partial charge in [0.1, 0.15) is 0 Å². The molecule has 1 amide bonds. The van der Waals surface area contributed by atoms with Crippen LogP contribution in [-0.2, 0) is 4.79 Å². The zero-order chi connectivity index (χ0) is 7.56. The van der Waals surface area contributed by atoms with Crippen molar-refractivity contribution in [2.45, 2.75) is 6.92 Å². The van der Waals surface area contributed by atoms with Gasteiger partial charge in [-0.3, -0.25) is 11.8 Å². The number of hydrogen-bond acceptors (Lipinski definition) is 2. The molecular weight excluding hydrogens is 128 g/mol. The molecule has 0 radical (unpaired) electrons. The van der Waals surface area contributed by atoms with E-state index in [0.29, 0.717) is 6.54 Å². The number of amides is 1. The average molecular weight is 141 g/mol. The van der Waals surface area contributed by atoms with E-state index in [0.717, 1.165) is 19.6 Å². The third-order valence-electron chi connectivity index (χ3n) is 1.78. The standard InChI is InChI=1S/C7H13N2O/c1-3-9-5-4-8(2)6-7(9)10/h2-6H2,1H3/q-1. The number of nitrogens with zero attached hydrogens (tertiary/aromatic N) is 2. The second kappa shape index (κ2) is 3.01. The van der Waals surface area contributed by atoms with Crippen LogP contribution >= 0.6 is 0 Å². The molecule has 0 saturated carbocycles. The topological polar surface area (TPSA) is 23.6 Å². The highest BCUT2D eigenvalue weighted by Gasteiger charge is 2.15. The Bertz CT molecular complexity index is 136. The van der Waals surface area contributed by atoms with Gasteiger partial charge in [-0.05, 0) is 13.5 Å². The van der Waals surface area contributed by atoms with E-state index in [9.17, 15) is 4.79 Å². The summed E-state index contributed by atoms with van der Waals surface area (Å²) in [5.41, 5.74) is 0. The Hall–Kier alpha value is -0.570. The highest BCUT2D eigenvalue weighted by molar-refractivity contribution is 5.78. The summed E-state index contributed by atoms with van der Waals surface area (Å²) >= 11 is 0. The first-order valence-electron chi connectivity index (χ1n) is 3.57. The van der Waals surface area contributed by atoms with Crippen molar-refractivity contribution in [2.75, 3.05) is 26.2 Å². The van der Waals surface area contributed by atoms with Crippen molar-refractivity contribution in [3.63, 3.8) is 0 Å². The molecule has 0 spiro atoms. The molecule has 1 aliphatic rings. The molecule has 1 rings (SSSR count). The first-order valence-corrected chi connectivity index (χ1v) is 3.57. The summed E-state index contributed by atoms with van der Waals surface area (Å²) in [7, 11) is 3.70. The van der Waals surface area contributed by atoms with E-state index >= 15 is 0 Å². The van der Waals surface area contributed by atoms with Crippen molar-refractivity contribution in [1.29, 1.82) is 0 Å². The van der Waals surface area contributed by atoms with Crippen molar-refractivity contribution in [3.8, 4) is 0 Å². The monoisotopic (exact) mass is 141 g/mol. The molecular formula is C7H13N2O-. The maximum atomic E-state index is 11.1. The molecule has 0 aromatic heterocycles. The van der Waals surface area contributed by atoms with Crippen LogP contribution in [-0.4, -0.2) is 41.9 Å². The highest BCUT2D eigenvalue weighted by atomic mass is 16.2. The maximum Gasteiger partial charge on any atom is 0.234 e. The molecule has 1 aliphatic heterocycles. The summed E-state index contributed by atoms with van der Waals surface area (Å²) in [4.78, 5) is 14.7. The van der Waals surface area contributed by atoms with Crippen LogP contribution in [0.5, 0.6) is 0 Å². The summed E-state index contributed by atoms with van der Waals surface area (Å²) in [5.74, 6) is 0.198. The lowest BCUT2D eigenvalue weighted by Crippen LogP contribution is -2.47. The smallest absolute Gasteiger partial charge is 0.234 e. The zero-order valence-corrected chi connectivity index (χ0v) is 6.34. The SMILES string of the molecule is [CH2-]N1CCN(CC)C(=O)C1. The Morgan fingerprint density at radius 2 is 2.30 bits per heavy atom. The van der Waals surface area contributed by atoms with Gasteiger partial charge in [0.2, 0.25) is 5.91 Å². The van der Waals surface area contributed by atoms with Gasteiger partial charge in [0.15, 0.2) is 0 Å². The van der Waals surface area contributed by atoms with Crippen LogP contribution in [0.3, 0.4) is 0 Å². The van der Waals surface area contributed by atoms with E-state index in [1.165, 1.54) is 0 Å². The fourth-order valence-electron chi connectivity index (χ4n) is 1.09. The summed E-state index contributed by atoms with van der Waals surface area (Å²) < 4.78 is 0. The van der Waals surface area contributed by atoms with Crippen LogP contribution in [0.4, 0.5) is 0 Å². The van der Waals surface area contributed by atoms with E-state index in [4.69, 9.17) is 0 Å². The quantitative estimate of drug-likeness (QED) is 0.478. The molecule has 1 fully saturated rings. The number of rotatable bonds is 1. The van der Waals surface area contributed by atoms with Gasteiger partial charge >= 0.3 is 0 Å². The maximum absolute atomic E-state index is 11.1. The summed E-state index contributed by atoms with van der Waals surface area (Å²) in [5, 5.41) is 0. The molecule has 0 aromatic carbocycles. The average Bonchev–Trinajstić information content (AvgIpc) is 1.88. The Kier molecular flexibility index (Phi) is 2.27. The second-order valence-corrected chi connectivity index (χ2v) is 2.53. The molecule has 0 aliphatic carbocycles. The molecule has 3 heteroatoms. The van der Waals surface area contributed by atoms with Crippen molar-refractivity contribution in [3.05, 3.63) is 7.05 Å². The summed E-state index contributed by atoms with van der Waals surface area (Å²) in [6.07, 6.45) is 0. The molecule has 58 valence electrons. The number of likely N-dealkylation sites (N-methyl/N-ethyl adjacent to an activating group) is 1. The minimum absolute atomic E-state index is 0.198. The Balaban J connectivity index is 2.43. The van der Waals surface area contributed by atoms with Gasteiger partial charge in [-0.1, -0.05) is 0 Å². The van der Waals surface area contributed by atoms with Crippen molar-refractivity contribution < 1.29 is 4.79 Å². The fraction of sp³-hybridized carbons (Fsp3) is 0.714. The third-order valence-corrected chi connectivity index (χ3v) is 1.78. The van der Waals surface area contributed by atoms with Crippen LogP contribution in [0.25, 0.3) is 0 Å². The second-order valence-electron chi connectivity index (χ2n) is 2.53. The largest absolute Gasteiger partial charge is 0.450 e. The normalized spacial score (nSPS) is 21.8. The van der Waals surface area contributed by atoms with Crippen LogP contribution in [0.1, 0.15) is 6.92 Å². The van der Waals surface area contributed by atoms with Crippen molar-refractivity contribution in [2.24, 2.45) is 0 Å². The molecule has 3 nitrogen and oxygen atoms in total. The molecule has 0 atom stereocenters. The number of carbonyl (C=O) groups is 1. The lowest BCUT2D eigenvalue weighted by atomic mass is 10.3. The minimum Gasteiger partial charge on any atom is -0.450 e. The third kappa shape index (κ3) is 1.48. The lowest BCUT2D eigenvalue weighted by molar-refractivity contribution is -0.134.